The fourth-order valence-electron chi connectivity index (χ4n) is 2.97. The van der Waals surface area contributed by atoms with Gasteiger partial charge in [0.05, 0.1) is 12.4 Å². The van der Waals surface area contributed by atoms with Crippen LogP contribution in [0.25, 0.3) is 10.9 Å². The molecule has 29 heavy (non-hydrogen) atoms. The maximum absolute atomic E-state index is 13.2. The SMILES string of the molecule is O=C(Nc1ccc(F)c(F)c1)c1cnc(NCCc2c[nH]c3ccccc23)cn1. The van der Waals surface area contributed by atoms with Gasteiger partial charge in [0, 0.05) is 35.4 Å². The van der Waals surface area contributed by atoms with Gasteiger partial charge in [0.25, 0.3) is 5.91 Å². The van der Waals surface area contributed by atoms with E-state index in [1.165, 1.54) is 29.4 Å². The molecule has 2 heterocycles. The van der Waals surface area contributed by atoms with Gasteiger partial charge < -0.3 is 15.6 Å². The molecule has 0 fully saturated rings. The van der Waals surface area contributed by atoms with E-state index >= 15 is 0 Å². The number of amides is 1. The number of carbonyl (C=O) groups is 1. The second-order valence-electron chi connectivity index (χ2n) is 6.41. The molecule has 6 nitrogen and oxygen atoms in total. The summed E-state index contributed by atoms with van der Waals surface area (Å²) in [5, 5.41) is 6.80. The minimum Gasteiger partial charge on any atom is -0.368 e. The van der Waals surface area contributed by atoms with Gasteiger partial charge in [-0.2, -0.15) is 0 Å². The summed E-state index contributed by atoms with van der Waals surface area (Å²) in [5.74, 6) is -2.04. The maximum atomic E-state index is 13.2. The van der Waals surface area contributed by atoms with E-state index in [0.717, 1.165) is 24.1 Å². The highest BCUT2D eigenvalue weighted by atomic mass is 19.2. The lowest BCUT2D eigenvalue weighted by atomic mass is 10.1. The van der Waals surface area contributed by atoms with Crippen molar-refractivity contribution in [3.8, 4) is 0 Å². The zero-order valence-corrected chi connectivity index (χ0v) is 15.2. The van der Waals surface area contributed by atoms with E-state index in [9.17, 15) is 13.6 Å². The quantitative estimate of drug-likeness (QED) is 0.460. The number of halogens is 2. The van der Waals surface area contributed by atoms with Crippen LogP contribution in [0.3, 0.4) is 0 Å². The number of aromatic amines is 1. The van der Waals surface area contributed by atoms with Crippen LogP contribution in [0.4, 0.5) is 20.3 Å². The first-order chi connectivity index (χ1) is 14.1. The number of fused-ring (bicyclic) bond motifs is 1. The third kappa shape index (κ3) is 4.21. The normalized spacial score (nSPS) is 10.8. The van der Waals surface area contributed by atoms with Crippen LogP contribution in [0.5, 0.6) is 0 Å². The average Bonchev–Trinajstić information content (AvgIpc) is 3.14. The number of anilines is 2. The Kier molecular flexibility index (Phi) is 5.15. The van der Waals surface area contributed by atoms with Gasteiger partial charge >= 0.3 is 0 Å². The monoisotopic (exact) mass is 393 g/mol. The molecule has 2 aromatic heterocycles. The zero-order valence-electron chi connectivity index (χ0n) is 15.2. The maximum Gasteiger partial charge on any atom is 0.275 e. The zero-order chi connectivity index (χ0) is 20.2. The summed E-state index contributed by atoms with van der Waals surface area (Å²) >= 11 is 0. The highest BCUT2D eigenvalue weighted by molar-refractivity contribution is 6.02. The first-order valence-electron chi connectivity index (χ1n) is 8.97. The topological polar surface area (TPSA) is 82.7 Å². The minimum atomic E-state index is -1.04. The molecule has 0 saturated heterocycles. The van der Waals surface area contributed by atoms with Crippen molar-refractivity contribution in [1.82, 2.24) is 15.0 Å². The Balaban J connectivity index is 1.33. The van der Waals surface area contributed by atoms with Crippen LogP contribution in [0.2, 0.25) is 0 Å². The number of hydrogen-bond donors (Lipinski definition) is 3. The number of para-hydroxylation sites is 1. The number of benzene rings is 2. The minimum absolute atomic E-state index is 0.0666. The number of hydrogen-bond acceptors (Lipinski definition) is 4. The number of carbonyl (C=O) groups excluding carboxylic acids is 1. The van der Waals surface area contributed by atoms with Gasteiger partial charge in [-0.1, -0.05) is 18.2 Å². The van der Waals surface area contributed by atoms with Gasteiger partial charge in [0.2, 0.25) is 0 Å². The predicted octanol–water partition coefficient (Wildman–Crippen LogP) is 4.14. The van der Waals surface area contributed by atoms with Crippen molar-refractivity contribution in [2.24, 2.45) is 0 Å². The molecule has 146 valence electrons. The number of nitrogens with zero attached hydrogens (tertiary/aromatic N) is 2. The van der Waals surface area contributed by atoms with Gasteiger partial charge in [-0.25, -0.2) is 18.7 Å². The number of rotatable bonds is 6. The van der Waals surface area contributed by atoms with Crippen LogP contribution in [0, 0.1) is 11.6 Å². The number of H-pyrrole nitrogens is 1. The second kappa shape index (κ2) is 8.05. The van der Waals surface area contributed by atoms with Crippen LogP contribution in [0.15, 0.2) is 61.1 Å². The van der Waals surface area contributed by atoms with Gasteiger partial charge in [-0.15, -0.1) is 0 Å². The summed E-state index contributed by atoms with van der Waals surface area (Å²) < 4.78 is 26.2. The van der Waals surface area contributed by atoms with Crippen LogP contribution in [-0.4, -0.2) is 27.4 Å². The highest BCUT2D eigenvalue weighted by Gasteiger charge is 2.10. The van der Waals surface area contributed by atoms with Crippen molar-refractivity contribution in [2.45, 2.75) is 6.42 Å². The van der Waals surface area contributed by atoms with Crippen molar-refractivity contribution in [2.75, 3.05) is 17.2 Å². The molecule has 4 aromatic rings. The molecule has 0 radical (unpaired) electrons. The van der Waals surface area contributed by atoms with E-state index in [0.29, 0.717) is 12.4 Å². The Morgan fingerprint density at radius 2 is 1.90 bits per heavy atom. The predicted molar refractivity (Wildman–Crippen MR) is 107 cm³/mol. The van der Waals surface area contributed by atoms with E-state index < -0.39 is 17.5 Å². The Hall–Kier alpha value is -3.81. The third-order valence-corrected chi connectivity index (χ3v) is 4.44. The summed E-state index contributed by atoms with van der Waals surface area (Å²) in [6.07, 6.45) is 5.56. The second-order valence-corrected chi connectivity index (χ2v) is 6.41. The number of aromatic nitrogens is 3. The fraction of sp³-hybridized carbons (Fsp3) is 0.0952. The van der Waals surface area contributed by atoms with Crippen molar-refractivity contribution in [3.63, 3.8) is 0 Å². The summed E-state index contributed by atoms with van der Waals surface area (Å²) in [6, 6.07) is 11.2. The van der Waals surface area contributed by atoms with Crippen molar-refractivity contribution >= 4 is 28.3 Å². The third-order valence-electron chi connectivity index (χ3n) is 4.44. The molecule has 4 rings (SSSR count). The Labute approximate surface area is 165 Å². The van der Waals surface area contributed by atoms with Crippen LogP contribution < -0.4 is 10.6 Å². The standard InChI is InChI=1S/C21H17F2N5O/c22-16-6-5-14(9-17(16)23)28-21(29)19-11-27-20(12-26-19)24-8-7-13-10-25-18-4-2-1-3-15(13)18/h1-6,9-12,25H,7-8H2,(H,24,27)(H,28,29). The van der Waals surface area contributed by atoms with E-state index in [-0.39, 0.29) is 11.4 Å². The Bertz CT molecular complexity index is 1160. The molecule has 3 N–H and O–H groups in total. The molecular formula is C21H17F2N5O. The van der Waals surface area contributed by atoms with Crippen LogP contribution in [-0.2, 0) is 6.42 Å². The molecule has 2 aromatic carbocycles. The molecule has 0 aliphatic rings. The molecule has 0 aliphatic heterocycles. The summed E-state index contributed by atoms with van der Waals surface area (Å²) in [4.78, 5) is 23.6. The molecule has 8 heteroatoms. The molecule has 0 unspecified atom stereocenters. The highest BCUT2D eigenvalue weighted by Crippen LogP contribution is 2.18. The first kappa shape index (κ1) is 18.5. The molecule has 0 aliphatic carbocycles. The Morgan fingerprint density at radius 3 is 2.69 bits per heavy atom. The van der Waals surface area contributed by atoms with E-state index in [4.69, 9.17) is 0 Å². The van der Waals surface area contributed by atoms with Crippen molar-refractivity contribution < 1.29 is 13.6 Å². The van der Waals surface area contributed by atoms with Gasteiger partial charge in [-0.3, -0.25) is 4.79 Å². The Morgan fingerprint density at radius 1 is 1.03 bits per heavy atom. The smallest absolute Gasteiger partial charge is 0.275 e. The van der Waals surface area contributed by atoms with Crippen LogP contribution in [0.1, 0.15) is 16.1 Å². The van der Waals surface area contributed by atoms with E-state index in [1.807, 2.05) is 24.4 Å². The van der Waals surface area contributed by atoms with Crippen molar-refractivity contribution in [1.29, 1.82) is 0 Å². The number of nitrogens with one attached hydrogen (secondary N) is 3. The molecule has 0 saturated carbocycles. The summed E-state index contributed by atoms with van der Waals surface area (Å²) in [7, 11) is 0. The van der Waals surface area contributed by atoms with Gasteiger partial charge in [0.1, 0.15) is 11.5 Å². The summed E-state index contributed by atoms with van der Waals surface area (Å²) in [5.41, 5.74) is 2.50. The summed E-state index contributed by atoms with van der Waals surface area (Å²) in [6.45, 7) is 0.650. The molecule has 0 bridgehead atoms. The largest absolute Gasteiger partial charge is 0.368 e. The van der Waals surface area contributed by atoms with E-state index in [2.05, 4.69) is 31.7 Å². The molecule has 1 amide bonds. The molecule has 0 spiro atoms. The first-order valence-corrected chi connectivity index (χ1v) is 8.97. The van der Waals surface area contributed by atoms with Crippen molar-refractivity contribution in [3.05, 3.63) is 83.9 Å². The molecular weight excluding hydrogens is 376 g/mol. The van der Waals surface area contributed by atoms with Crippen LogP contribution >= 0.6 is 0 Å². The average molecular weight is 393 g/mol. The van der Waals surface area contributed by atoms with Gasteiger partial charge in [0.15, 0.2) is 11.6 Å². The lowest BCUT2D eigenvalue weighted by molar-refractivity contribution is 0.102. The lowest BCUT2D eigenvalue weighted by Crippen LogP contribution is -2.15. The van der Waals surface area contributed by atoms with E-state index in [1.54, 1.807) is 0 Å². The fourth-order valence-corrected chi connectivity index (χ4v) is 2.97. The molecule has 0 atom stereocenters. The van der Waals surface area contributed by atoms with Gasteiger partial charge in [-0.05, 0) is 30.2 Å². The lowest BCUT2D eigenvalue weighted by Gasteiger charge is -2.07.